The molecule has 4 rings (SSSR count). The number of alkyl halides is 6. The third-order valence-corrected chi connectivity index (χ3v) is 5.19. The summed E-state index contributed by atoms with van der Waals surface area (Å²) in [5, 5.41) is 38.8. The predicted molar refractivity (Wildman–Crippen MR) is 115 cm³/mol. The van der Waals surface area contributed by atoms with Gasteiger partial charge in [0.15, 0.2) is 17.3 Å². The van der Waals surface area contributed by atoms with E-state index in [1.54, 1.807) is 0 Å². The summed E-state index contributed by atoms with van der Waals surface area (Å²) in [7, 11) is 0. The number of hydrogen-bond donors (Lipinski definition) is 4. The van der Waals surface area contributed by atoms with E-state index in [4.69, 9.17) is 9.15 Å². The van der Waals surface area contributed by atoms with E-state index in [0.717, 1.165) is 24.3 Å². The molecule has 7 nitrogen and oxygen atoms in total. The maximum absolute atomic E-state index is 13.2. The fourth-order valence-corrected chi connectivity index (χ4v) is 3.51. The van der Waals surface area contributed by atoms with Crippen LogP contribution in [0.15, 0.2) is 57.7 Å². The van der Waals surface area contributed by atoms with E-state index in [1.165, 1.54) is 6.07 Å². The molecule has 0 saturated carbocycles. The molecule has 0 aliphatic heterocycles. The second kappa shape index (κ2) is 8.84. The molecule has 4 aromatic rings. The molecule has 13 heteroatoms. The summed E-state index contributed by atoms with van der Waals surface area (Å²) in [6.07, 6.45) is -10.2. The average Bonchev–Trinajstić information content (AvgIpc) is 2.78. The van der Waals surface area contributed by atoms with Crippen molar-refractivity contribution in [1.29, 1.82) is 0 Å². The van der Waals surface area contributed by atoms with Gasteiger partial charge in [0.2, 0.25) is 11.2 Å². The van der Waals surface area contributed by atoms with Crippen molar-refractivity contribution in [3.63, 3.8) is 0 Å². The zero-order valence-corrected chi connectivity index (χ0v) is 18.1. The van der Waals surface area contributed by atoms with Crippen LogP contribution in [0.2, 0.25) is 0 Å². The summed E-state index contributed by atoms with van der Waals surface area (Å²) in [6.45, 7) is -0.959. The van der Waals surface area contributed by atoms with Crippen LogP contribution in [-0.4, -0.2) is 20.4 Å². The maximum Gasteiger partial charge on any atom is 0.416 e. The Bertz CT molecular complexity index is 1540. The minimum absolute atomic E-state index is 0.0664. The van der Waals surface area contributed by atoms with Gasteiger partial charge in [-0.05, 0) is 42.0 Å². The molecular formula is C24H14F6O7. The van der Waals surface area contributed by atoms with Crippen LogP contribution in [0.3, 0.4) is 0 Å². The van der Waals surface area contributed by atoms with Gasteiger partial charge >= 0.3 is 12.4 Å². The van der Waals surface area contributed by atoms with Crippen molar-refractivity contribution in [2.24, 2.45) is 0 Å². The van der Waals surface area contributed by atoms with Crippen LogP contribution < -0.4 is 10.2 Å². The van der Waals surface area contributed by atoms with Gasteiger partial charge in [-0.2, -0.15) is 26.3 Å². The van der Waals surface area contributed by atoms with Gasteiger partial charge < -0.3 is 29.6 Å². The van der Waals surface area contributed by atoms with Gasteiger partial charge in [0, 0.05) is 17.7 Å². The number of phenolic OH excluding ortho intramolecular Hbond substituents is 4. The molecule has 37 heavy (non-hydrogen) atoms. The quantitative estimate of drug-likeness (QED) is 0.192. The minimum Gasteiger partial charge on any atom is -0.508 e. The van der Waals surface area contributed by atoms with Crippen molar-refractivity contribution in [3.8, 4) is 40.1 Å². The molecule has 4 N–H and O–H groups in total. The fourth-order valence-electron chi connectivity index (χ4n) is 3.51. The molecule has 194 valence electrons. The third kappa shape index (κ3) is 5.06. The normalized spacial score (nSPS) is 12.2. The number of rotatable bonds is 4. The van der Waals surface area contributed by atoms with Crippen LogP contribution in [0.25, 0.3) is 22.3 Å². The smallest absolute Gasteiger partial charge is 0.416 e. The molecule has 1 heterocycles. The lowest BCUT2D eigenvalue weighted by Gasteiger charge is -2.16. The van der Waals surface area contributed by atoms with Crippen LogP contribution >= 0.6 is 0 Å². The second-order valence-electron chi connectivity index (χ2n) is 7.83. The summed E-state index contributed by atoms with van der Waals surface area (Å²) in [5.41, 5.74) is -5.30. The molecule has 1 aromatic heterocycles. The van der Waals surface area contributed by atoms with Gasteiger partial charge in [-0.15, -0.1) is 0 Å². The molecular weight excluding hydrogens is 514 g/mol. The molecule has 0 saturated heterocycles. The van der Waals surface area contributed by atoms with Gasteiger partial charge in [-0.1, -0.05) is 0 Å². The largest absolute Gasteiger partial charge is 0.508 e. The summed E-state index contributed by atoms with van der Waals surface area (Å²) >= 11 is 0. The van der Waals surface area contributed by atoms with Crippen LogP contribution in [-0.2, 0) is 19.0 Å². The van der Waals surface area contributed by atoms with E-state index in [-0.39, 0.29) is 17.2 Å². The topological polar surface area (TPSA) is 120 Å². The van der Waals surface area contributed by atoms with Gasteiger partial charge in [-0.25, -0.2) is 0 Å². The van der Waals surface area contributed by atoms with Crippen LogP contribution in [0.5, 0.6) is 28.7 Å². The highest BCUT2D eigenvalue weighted by Gasteiger charge is 2.37. The Morgan fingerprint density at radius 3 is 1.95 bits per heavy atom. The monoisotopic (exact) mass is 528 g/mol. The summed E-state index contributed by atoms with van der Waals surface area (Å²) in [5.74, 6) is -3.63. The van der Waals surface area contributed by atoms with Crippen LogP contribution in [0.4, 0.5) is 26.3 Å². The van der Waals surface area contributed by atoms with E-state index in [9.17, 15) is 51.6 Å². The first-order valence-corrected chi connectivity index (χ1v) is 10.1. The Labute approximate surface area is 202 Å². The molecule has 0 unspecified atom stereocenters. The van der Waals surface area contributed by atoms with Gasteiger partial charge in [0.25, 0.3) is 0 Å². The van der Waals surface area contributed by atoms with Crippen molar-refractivity contribution < 1.29 is 55.9 Å². The molecule has 0 bridgehead atoms. The van der Waals surface area contributed by atoms with Crippen molar-refractivity contribution in [1.82, 2.24) is 0 Å². The van der Waals surface area contributed by atoms with Crippen LogP contribution in [0.1, 0.15) is 16.7 Å². The number of halogens is 6. The first-order valence-electron chi connectivity index (χ1n) is 10.1. The molecule has 0 atom stereocenters. The number of phenols is 4. The highest BCUT2D eigenvalue weighted by atomic mass is 19.4. The lowest BCUT2D eigenvalue weighted by molar-refractivity contribution is -0.143. The van der Waals surface area contributed by atoms with Crippen molar-refractivity contribution >= 4 is 11.0 Å². The van der Waals surface area contributed by atoms with E-state index >= 15 is 0 Å². The first-order chi connectivity index (χ1) is 17.1. The second-order valence-corrected chi connectivity index (χ2v) is 7.83. The van der Waals surface area contributed by atoms with Gasteiger partial charge in [-0.3, -0.25) is 4.79 Å². The summed E-state index contributed by atoms with van der Waals surface area (Å²) < 4.78 is 90.1. The Hall–Kier alpha value is -4.55. The molecule has 3 aromatic carbocycles. The summed E-state index contributed by atoms with van der Waals surface area (Å²) in [4.78, 5) is 13.2. The predicted octanol–water partition coefficient (Wildman–Crippen LogP) is 5.90. The van der Waals surface area contributed by atoms with E-state index in [2.05, 4.69) is 0 Å². The molecule has 0 radical (unpaired) electrons. The van der Waals surface area contributed by atoms with Crippen molar-refractivity contribution in [3.05, 3.63) is 75.4 Å². The Morgan fingerprint density at radius 2 is 1.38 bits per heavy atom. The van der Waals surface area contributed by atoms with E-state index in [1.807, 2.05) is 0 Å². The van der Waals surface area contributed by atoms with Gasteiger partial charge in [0.05, 0.1) is 11.1 Å². The Morgan fingerprint density at radius 1 is 0.757 bits per heavy atom. The molecule has 0 aliphatic carbocycles. The zero-order valence-electron chi connectivity index (χ0n) is 18.1. The zero-order chi connectivity index (χ0) is 27.3. The summed E-state index contributed by atoms with van der Waals surface area (Å²) in [6, 6.07) is 5.66. The Balaban J connectivity index is 1.88. The highest BCUT2D eigenvalue weighted by Crippen LogP contribution is 2.40. The Kier molecular flexibility index (Phi) is 6.10. The lowest BCUT2D eigenvalue weighted by Crippen LogP contribution is -2.14. The van der Waals surface area contributed by atoms with Crippen molar-refractivity contribution in [2.45, 2.75) is 19.0 Å². The highest BCUT2D eigenvalue weighted by molar-refractivity contribution is 5.88. The third-order valence-electron chi connectivity index (χ3n) is 5.19. The number of ether oxygens (including phenoxy) is 1. The number of aromatic hydroxyl groups is 4. The van der Waals surface area contributed by atoms with Gasteiger partial charge in [0.1, 0.15) is 29.1 Å². The van der Waals surface area contributed by atoms with E-state index < -0.39 is 81.0 Å². The maximum atomic E-state index is 13.2. The standard InChI is InChI=1S/C24H14F6O7/c25-23(26,27)12-3-10(4-13(6-12)24(28,29)30)9-36-22-20(35)19-17(34)7-14(31)8-18(19)37-21(22)11-1-2-15(32)16(33)5-11/h1-8,31-34H,9H2. The first kappa shape index (κ1) is 25.5. The molecule has 0 fully saturated rings. The number of fused-ring (bicyclic) bond motifs is 1. The number of hydrogen-bond acceptors (Lipinski definition) is 7. The van der Waals surface area contributed by atoms with Crippen molar-refractivity contribution in [2.75, 3.05) is 0 Å². The fraction of sp³-hybridized carbons (Fsp3) is 0.125. The number of benzene rings is 3. The molecule has 0 aliphatic rings. The SMILES string of the molecule is O=c1c(OCc2cc(C(F)(F)F)cc(C(F)(F)F)c2)c(-c2ccc(O)c(O)c2)oc2cc(O)cc(O)c12. The molecule has 0 amide bonds. The van der Waals surface area contributed by atoms with E-state index in [0.29, 0.717) is 12.1 Å². The molecule has 0 spiro atoms. The average molecular weight is 528 g/mol. The minimum atomic E-state index is -5.11. The lowest BCUT2D eigenvalue weighted by atomic mass is 10.0. The van der Waals surface area contributed by atoms with Crippen LogP contribution in [0, 0.1) is 0 Å².